The molecule has 0 saturated carbocycles. The first kappa shape index (κ1) is 18.0. The van der Waals surface area contributed by atoms with Crippen molar-refractivity contribution in [3.05, 3.63) is 35.4 Å². The number of fused-ring (bicyclic) bond motifs is 1. The van der Waals surface area contributed by atoms with Crippen LogP contribution in [0.3, 0.4) is 0 Å². The minimum absolute atomic E-state index is 0.182. The van der Waals surface area contributed by atoms with Gasteiger partial charge in [-0.2, -0.15) is 0 Å². The highest BCUT2D eigenvalue weighted by Crippen LogP contribution is 2.19. The van der Waals surface area contributed by atoms with Gasteiger partial charge in [-0.25, -0.2) is 0 Å². The van der Waals surface area contributed by atoms with Gasteiger partial charge < -0.3 is 11.1 Å². The Balaban J connectivity index is 1.65. The van der Waals surface area contributed by atoms with Crippen LogP contribution in [0.4, 0.5) is 0 Å². The smallest absolute Gasteiger partial charge is 0.220 e. The Labute approximate surface area is 140 Å². The molecule has 0 spiro atoms. The lowest BCUT2D eigenvalue weighted by molar-refractivity contribution is -0.121. The average molecular weight is 317 g/mol. The zero-order valence-corrected chi connectivity index (χ0v) is 14.4. The van der Waals surface area contributed by atoms with Crippen molar-refractivity contribution < 1.29 is 4.79 Å². The normalized spacial score (nSPS) is 15.9. The Morgan fingerprint density at radius 3 is 2.74 bits per heavy atom. The summed E-state index contributed by atoms with van der Waals surface area (Å²) >= 11 is 0. The van der Waals surface area contributed by atoms with Gasteiger partial charge in [0.2, 0.25) is 5.91 Å². The van der Waals surface area contributed by atoms with Gasteiger partial charge in [0, 0.05) is 32.1 Å². The van der Waals surface area contributed by atoms with E-state index in [2.05, 4.69) is 41.4 Å². The monoisotopic (exact) mass is 317 g/mol. The minimum Gasteiger partial charge on any atom is -0.355 e. The van der Waals surface area contributed by atoms with Crippen molar-refractivity contribution in [1.82, 2.24) is 10.2 Å². The van der Waals surface area contributed by atoms with Gasteiger partial charge >= 0.3 is 0 Å². The number of benzene rings is 1. The third-order valence-corrected chi connectivity index (χ3v) is 4.74. The molecule has 0 aliphatic carbocycles. The quantitative estimate of drug-likeness (QED) is 0.688. The molecule has 2 rings (SSSR count). The number of nitrogens with two attached hydrogens (primary N) is 1. The molecule has 4 nitrogen and oxygen atoms in total. The summed E-state index contributed by atoms with van der Waals surface area (Å²) in [5.41, 5.74) is 8.37. The molecule has 3 N–H and O–H groups in total. The molecule has 1 atom stereocenters. The van der Waals surface area contributed by atoms with E-state index in [1.807, 2.05) is 0 Å². The van der Waals surface area contributed by atoms with Crippen LogP contribution in [0, 0.1) is 0 Å². The third kappa shape index (κ3) is 5.96. The second-order valence-electron chi connectivity index (χ2n) is 6.60. The van der Waals surface area contributed by atoms with E-state index in [0.29, 0.717) is 12.5 Å². The molecule has 0 aromatic heterocycles. The van der Waals surface area contributed by atoms with Gasteiger partial charge in [-0.15, -0.1) is 0 Å². The van der Waals surface area contributed by atoms with E-state index in [9.17, 15) is 4.79 Å². The summed E-state index contributed by atoms with van der Waals surface area (Å²) in [5, 5.41) is 3.09. The molecular formula is C19H31N3O. The Bertz CT molecular complexity index is 489. The third-order valence-electron chi connectivity index (χ3n) is 4.74. The SMILES string of the molecule is CC(CNC(=O)CCCCCCN)N1CCc2ccccc2C1. The molecule has 0 bridgehead atoms. The van der Waals surface area contributed by atoms with Crippen LogP contribution in [0.2, 0.25) is 0 Å². The summed E-state index contributed by atoms with van der Waals surface area (Å²) < 4.78 is 0. The fourth-order valence-electron chi connectivity index (χ4n) is 3.16. The maximum absolute atomic E-state index is 11.9. The zero-order chi connectivity index (χ0) is 16.5. The van der Waals surface area contributed by atoms with Crippen molar-refractivity contribution in [2.75, 3.05) is 19.6 Å². The Morgan fingerprint density at radius 2 is 1.96 bits per heavy atom. The number of carbonyl (C=O) groups excluding carboxylic acids is 1. The summed E-state index contributed by atoms with van der Waals surface area (Å²) in [4.78, 5) is 14.4. The van der Waals surface area contributed by atoms with Crippen LogP contribution in [0.5, 0.6) is 0 Å². The molecule has 128 valence electrons. The van der Waals surface area contributed by atoms with Gasteiger partial charge in [0.15, 0.2) is 0 Å². The van der Waals surface area contributed by atoms with Gasteiger partial charge in [0.1, 0.15) is 0 Å². The standard InChI is InChI=1S/C19H31N3O/c1-16(14-21-19(23)10-4-2-3-7-12-20)22-13-11-17-8-5-6-9-18(17)15-22/h5-6,8-9,16H,2-4,7,10-15,20H2,1H3,(H,21,23). The van der Waals surface area contributed by atoms with Crippen molar-refractivity contribution >= 4 is 5.91 Å². The van der Waals surface area contributed by atoms with Crippen molar-refractivity contribution in [2.45, 2.75) is 58.0 Å². The lowest BCUT2D eigenvalue weighted by Crippen LogP contribution is -2.44. The lowest BCUT2D eigenvalue weighted by Gasteiger charge is -2.33. The Hall–Kier alpha value is -1.39. The van der Waals surface area contributed by atoms with Gasteiger partial charge in [0.25, 0.3) is 0 Å². The van der Waals surface area contributed by atoms with Crippen LogP contribution in [-0.2, 0) is 17.8 Å². The summed E-state index contributed by atoms with van der Waals surface area (Å²) in [6.07, 6.45) is 6.01. The Morgan fingerprint density at radius 1 is 1.22 bits per heavy atom. The predicted molar refractivity (Wildman–Crippen MR) is 95.2 cm³/mol. The van der Waals surface area contributed by atoms with E-state index in [-0.39, 0.29) is 5.91 Å². The van der Waals surface area contributed by atoms with Crippen LogP contribution in [0.25, 0.3) is 0 Å². The molecule has 23 heavy (non-hydrogen) atoms. The van der Waals surface area contributed by atoms with Gasteiger partial charge in [-0.3, -0.25) is 9.69 Å². The lowest BCUT2D eigenvalue weighted by atomic mass is 9.99. The number of carbonyl (C=O) groups is 1. The van der Waals surface area contributed by atoms with E-state index in [1.54, 1.807) is 0 Å². The van der Waals surface area contributed by atoms with Crippen LogP contribution in [0.15, 0.2) is 24.3 Å². The van der Waals surface area contributed by atoms with Crippen LogP contribution < -0.4 is 11.1 Å². The highest BCUT2D eigenvalue weighted by molar-refractivity contribution is 5.75. The summed E-state index contributed by atoms with van der Waals surface area (Å²) in [6, 6.07) is 9.05. The number of hydrogen-bond acceptors (Lipinski definition) is 3. The highest BCUT2D eigenvalue weighted by atomic mass is 16.1. The second kappa shape index (κ2) is 9.68. The van der Waals surface area contributed by atoms with Crippen molar-refractivity contribution in [3.63, 3.8) is 0 Å². The van der Waals surface area contributed by atoms with Gasteiger partial charge in [-0.05, 0) is 43.9 Å². The van der Waals surface area contributed by atoms with Gasteiger partial charge in [0.05, 0.1) is 0 Å². The van der Waals surface area contributed by atoms with E-state index in [1.165, 1.54) is 11.1 Å². The maximum atomic E-state index is 11.9. The van der Waals surface area contributed by atoms with Crippen LogP contribution in [0.1, 0.15) is 50.2 Å². The number of unbranched alkanes of at least 4 members (excludes halogenated alkanes) is 3. The van der Waals surface area contributed by atoms with E-state index in [4.69, 9.17) is 5.73 Å². The molecule has 1 heterocycles. The van der Waals surface area contributed by atoms with E-state index < -0.39 is 0 Å². The molecule has 1 unspecified atom stereocenters. The molecule has 0 radical (unpaired) electrons. The number of nitrogens with zero attached hydrogens (tertiary/aromatic N) is 1. The predicted octanol–water partition coefficient (Wildman–Crippen LogP) is 2.46. The molecule has 1 aliphatic rings. The molecular weight excluding hydrogens is 286 g/mol. The van der Waals surface area contributed by atoms with Crippen molar-refractivity contribution in [1.29, 1.82) is 0 Å². The minimum atomic E-state index is 0.182. The molecule has 0 fully saturated rings. The number of rotatable bonds is 9. The first-order chi connectivity index (χ1) is 11.2. The molecule has 1 aromatic rings. The summed E-state index contributed by atoms with van der Waals surface area (Å²) in [7, 11) is 0. The van der Waals surface area contributed by atoms with Crippen molar-refractivity contribution in [3.8, 4) is 0 Å². The number of nitrogens with one attached hydrogen (secondary N) is 1. The second-order valence-corrected chi connectivity index (χ2v) is 6.60. The van der Waals surface area contributed by atoms with Crippen LogP contribution in [-0.4, -0.2) is 36.5 Å². The summed E-state index contributed by atoms with van der Waals surface area (Å²) in [6.45, 7) is 5.77. The maximum Gasteiger partial charge on any atom is 0.220 e. The first-order valence-electron chi connectivity index (χ1n) is 8.98. The van der Waals surface area contributed by atoms with Gasteiger partial charge in [-0.1, -0.05) is 37.1 Å². The summed E-state index contributed by atoms with van der Waals surface area (Å²) in [5.74, 6) is 0.182. The Kier molecular flexibility index (Phi) is 7.56. The first-order valence-corrected chi connectivity index (χ1v) is 8.98. The molecule has 0 saturated heterocycles. The molecule has 1 amide bonds. The largest absolute Gasteiger partial charge is 0.355 e. The van der Waals surface area contributed by atoms with Crippen LogP contribution >= 0.6 is 0 Å². The number of amides is 1. The fourth-order valence-corrected chi connectivity index (χ4v) is 3.16. The molecule has 1 aliphatic heterocycles. The fraction of sp³-hybridized carbons (Fsp3) is 0.632. The number of hydrogen-bond donors (Lipinski definition) is 2. The zero-order valence-electron chi connectivity index (χ0n) is 14.4. The average Bonchev–Trinajstić information content (AvgIpc) is 2.59. The molecule has 1 aromatic carbocycles. The van der Waals surface area contributed by atoms with E-state index >= 15 is 0 Å². The topological polar surface area (TPSA) is 58.4 Å². The van der Waals surface area contributed by atoms with Crippen molar-refractivity contribution in [2.24, 2.45) is 5.73 Å². The van der Waals surface area contributed by atoms with E-state index in [0.717, 1.165) is 58.3 Å². The highest BCUT2D eigenvalue weighted by Gasteiger charge is 2.20. The molecule has 4 heteroatoms.